The van der Waals surface area contributed by atoms with Crippen LogP contribution in [0.5, 0.6) is 5.88 Å². The topological polar surface area (TPSA) is 53.1 Å². The van der Waals surface area contributed by atoms with Gasteiger partial charge in [-0.3, -0.25) is 0 Å². The van der Waals surface area contributed by atoms with Gasteiger partial charge in [0, 0.05) is 6.54 Å². The fraction of sp³-hybridized carbons (Fsp3) is 0.786. The number of nitrogens with zero attached hydrogens (tertiary/aromatic N) is 2. The van der Waals surface area contributed by atoms with E-state index < -0.39 is 0 Å². The zero-order chi connectivity index (χ0) is 13.1. The largest absolute Gasteiger partial charge is 0.481 e. The van der Waals surface area contributed by atoms with Crippen molar-refractivity contribution in [1.29, 1.82) is 0 Å². The molecule has 1 aromatic heterocycles. The Bertz CT molecular complexity index is 392. The summed E-state index contributed by atoms with van der Waals surface area (Å²) in [6.45, 7) is 4.82. The molecular formula is C14H25N3O. The normalized spacial score (nSPS) is 17.4. The van der Waals surface area contributed by atoms with Gasteiger partial charge in [0.15, 0.2) is 0 Å². The van der Waals surface area contributed by atoms with E-state index in [1.807, 2.05) is 0 Å². The van der Waals surface area contributed by atoms with Crippen LogP contribution in [0.15, 0.2) is 0 Å². The Balaban J connectivity index is 2.39. The summed E-state index contributed by atoms with van der Waals surface area (Å²) in [5, 5.41) is 4.79. The fourth-order valence-corrected chi connectivity index (χ4v) is 2.92. The zero-order valence-corrected chi connectivity index (χ0v) is 11.8. The van der Waals surface area contributed by atoms with E-state index in [4.69, 9.17) is 15.6 Å². The van der Waals surface area contributed by atoms with Crippen molar-refractivity contribution in [1.82, 2.24) is 9.78 Å². The summed E-state index contributed by atoms with van der Waals surface area (Å²) in [6.07, 6.45) is 6.35. The molecule has 0 saturated heterocycles. The van der Waals surface area contributed by atoms with E-state index in [9.17, 15) is 0 Å². The summed E-state index contributed by atoms with van der Waals surface area (Å²) in [4.78, 5) is 0. The van der Waals surface area contributed by atoms with Crippen molar-refractivity contribution < 1.29 is 4.74 Å². The van der Waals surface area contributed by atoms with E-state index in [-0.39, 0.29) is 0 Å². The number of rotatable bonds is 4. The number of nitrogens with two attached hydrogens (primary N) is 1. The van der Waals surface area contributed by atoms with Crippen LogP contribution in [0.1, 0.15) is 69.2 Å². The van der Waals surface area contributed by atoms with Gasteiger partial charge in [-0.05, 0) is 18.8 Å². The van der Waals surface area contributed by atoms with Crippen molar-refractivity contribution in [2.45, 2.75) is 64.5 Å². The number of aromatic nitrogens is 2. The first-order valence-corrected chi connectivity index (χ1v) is 7.04. The van der Waals surface area contributed by atoms with Gasteiger partial charge in [0.05, 0.1) is 24.4 Å². The molecule has 1 aliphatic carbocycles. The summed E-state index contributed by atoms with van der Waals surface area (Å²) in [6, 6.07) is 0.492. The standard InChI is InChI=1S/C14H25N3O/c1-10(2)13-12(9-15)14(18-3)17(16-13)11-7-5-4-6-8-11/h10-11H,4-9,15H2,1-3H3. The van der Waals surface area contributed by atoms with Crippen molar-refractivity contribution in [3.63, 3.8) is 0 Å². The predicted molar refractivity (Wildman–Crippen MR) is 72.9 cm³/mol. The maximum atomic E-state index is 5.87. The van der Waals surface area contributed by atoms with Gasteiger partial charge in [0.1, 0.15) is 0 Å². The monoisotopic (exact) mass is 251 g/mol. The minimum atomic E-state index is 0.391. The minimum absolute atomic E-state index is 0.391. The summed E-state index contributed by atoms with van der Waals surface area (Å²) in [5.74, 6) is 1.27. The van der Waals surface area contributed by atoms with Crippen LogP contribution in [0, 0.1) is 0 Å². The van der Waals surface area contributed by atoms with Gasteiger partial charge < -0.3 is 10.5 Å². The molecule has 18 heavy (non-hydrogen) atoms. The summed E-state index contributed by atoms with van der Waals surface area (Å²) >= 11 is 0. The lowest BCUT2D eigenvalue weighted by Gasteiger charge is -2.23. The Hall–Kier alpha value is -1.03. The maximum Gasteiger partial charge on any atom is 0.216 e. The molecule has 0 aromatic carbocycles. The average Bonchev–Trinajstić information content (AvgIpc) is 2.78. The molecule has 0 amide bonds. The van der Waals surface area contributed by atoms with Crippen LogP contribution in [0.2, 0.25) is 0 Å². The molecule has 1 heterocycles. The highest BCUT2D eigenvalue weighted by Crippen LogP contribution is 2.35. The Kier molecular flexibility index (Phi) is 4.27. The average molecular weight is 251 g/mol. The van der Waals surface area contributed by atoms with E-state index in [2.05, 4.69) is 18.5 Å². The van der Waals surface area contributed by atoms with Crippen LogP contribution in [-0.4, -0.2) is 16.9 Å². The lowest BCUT2D eigenvalue weighted by Crippen LogP contribution is -2.15. The molecule has 102 valence electrons. The third-order valence-electron chi connectivity index (χ3n) is 3.86. The molecule has 4 nitrogen and oxygen atoms in total. The molecule has 0 bridgehead atoms. The van der Waals surface area contributed by atoms with Crippen LogP contribution in [0.4, 0.5) is 0 Å². The molecule has 0 atom stereocenters. The summed E-state index contributed by atoms with van der Waals surface area (Å²) < 4.78 is 7.67. The Morgan fingerprint density at radius 1 is 1.33 bits per heavy atom. The van der Waals surface area contributed by atoms with Crippen molar-refractivity contribution >= 4 is 0 Å². The Morgan fingerprint density at radius 2 is 2.00 bits per heavy atom. The summed E-state index contributed by atoms with van der Waals surface area (Å²) in [5.41, 5.74) is 8.05. The summed E-state index contributed by atoms with van der Waals surface area (Å²) in [7, 11) is 1.72. The minimum Gasteiger partial charge on any atom is -0.481 e. The molecule has 0 spiro atoms. The Labute approximate surface area is 110 Å². The van der Waals surface area contributed by atoms with Crippen LogP contribution < -0.4 is 10.5 Å². The molecule has 4 heteroatoms. The van der Waals surface area contributed by atoms with Gasteiger partial charge in [-0.25, -0.2) is 4.68 Å². The molecular weight excluding hydrogens is 226 g/mol. The molecule has 0 radical (unpaired) electrons. The molecule has 0 unspecified atom stereocenters. The lowest BCUT2D eigenvalue weighted by atomic mass is 9.96. The van der Waals surface area contributed by atoms with Crippen LogP contribution in [-0.2, 0) is 6.54 Å². The van der Waals surface area contributed by atoms with Gasteiger partial charge in [-0.1, -0.05) is 33.1 Å². The number of methoxy groups -OCH3 is 1. The van der Waals surface area contributed by atoms with E-state index in [1.54, 1.807) is 7.11 Å². The van der Waals surface area contributed by atoms with Gasteiger partial charge in [0.2, 0.25) is 5.88 Å². The van der Waals surface area contributed by atoms with Crippen LogP contribution in [0.3, 0.4) is 0 Å². The highest BCUT2D eigenvalue weighted by atomic mass is 16.5. The zero-order valence-electron chi connectivity index (χ0n) is 11.8. The fourth-order valence-electron chi connectivity index (χ4n) is 2.92. The number of ether oxygens (including phenoxy) is 1. The predicted octanol–water partition coefficient (Wildman–Crippen LogP) is 2.98. The third-order valence-corrected chi connectivity index (χ3v) is 3.86. The maximum absolute atomic E-state index is 5.87. The van der Waals surface area contributed by atoms with Crippen molar-refractivity contribution in [2.75, 3.05) is 7.11 Å². The molecule has 1 aliphatic rings. The second-order valence-corrected chi connectivity index (χ2v) is 5.47. The Morgan fingerprint density at radius 3 is 2.50 bits per heavy atom. The van der Waals surface area contributed by atoms with E-state index >= 15 is 0 Å². The smallest absolute Gasteiger partial charge is 0.216 e. The number of hydrogen-bond acceptors (Lipinski definition) is 3. The quantitative estimate of drug-likeness (QED) is 0.895. The molecule has 0 aliphatic heterocycles. The third kappa shape index (κ3) is 2.39. The highest BCUT2D eigenvalue weighted by molar-refractivity contribution is 5.34. The first-order chi connectivity index (χ1) is 8.69. The van der Waals surface area contributed by atoms with Crippen molar-refractivity contribution in [2.24, 2.45) is 5.73 Å². The van der Waals surface area contributed by atoms with E-state index in [1.165, 1.54) is 32.1 Å². The number of hydrogen-bond donors (Lipinski definition) is 1. The first-order valence-electron chi connectivity index (χ1n) is 7.04. The molecule has 1 aromatic rings. The molecule has 1 fully saturated rings. The van der Waals surface area contributed by atoms with Crippen molar-refractivity contribution in [3.05, 3.63) is 11.3 Å². The SMILES string of the molecule is COc1c(CN)c(C(C)C)nn1C1CCCCC1. The van der Waals surface area contributed by atoms with Crippen LogP contribution >= 0.6 is 0 Å². The van der Waals surface area contributed by atoms with Gasteiger partial charge >= 0.3 is 0 Å². The molecule has 2 N–H and O–H groups in total. The van der Waals surface area contributed by atoms with Gasteiger partial charge in [0.25, 0.3) is 0 Å². The second kappa shape index (κ2) is 5.74. The van der Waals surface area contributed by atoms with Crippen LogP contribution in [0.25, 0.3) is 0 Å². The van der Waals surface area contributed by atoms with E-state index in [0.29, 0.717) is 18.5 Å². The van der Waals surface area contributed by atoms with E-state index in [0.717, 1.165) is 17.1 Å². The van der Waals surface area contributed by atoms with Gasteiger partial charge in [-0.2, -0.15) is 5.10 Å². The van der Waals surface area contributed by atoms with Gasteiger partial charge in [-0.15, -0.1) is 0 Å². The first kappa shape index (κ1) is 13.4. The highest BCUT2D eigenvalue weighted by Gasteiger charge is 2.25. The second-order valence-electron chi connectivity index (χ2n) is 5.47. The lowest BCUT2D eigenvalue weighted by molar-refractivity contribution is 0.278. The van der Waals surface area contributed by atoms with Crippen molar-refractivity contribution in [3.8, 4) is 5.88 Å². The molecule has 1 saturated carbocycles. The molecule has 2 rings (SSSR count).